The number of benzene rings is 2. The maximum Gasteiger partial charge on any atom is 0.208 e. The van der Waals surface area contributed by atoms with Crippen molar-refractivity contribution in [2.45, 2.75) is 52.5 Å². The predicted octanol–water partition coefficient (Wildman–Crippen LogP) is 7.73. The van der Waals surface area contributed by atoms with Gasteiger partial charge in [-0.15, -0.1) is 0 Å². The molecule has 9 nitrogen and oxygen atoms in total. The Labute approximate surface area is 305 Å². The van der Waals surface area contributed by atoms with Crippen molar-refractivity contribution in [3.63, 3.8) is 0 Å². The average molecular weight is 706 g/mol. The van der Waals surface area contributed by atoms with Gasteiger partial charge >= 0.3 is 0 Å². The van der Waals surface area contributed by atoms with E-state index < -0.39 is 11.6 Å². The zero-order valence-corrected chi connectivity index (χ0v) is 30.6. The standard InChI is InChI=1S/C41H49F2N9/c1-6-50(18-15-49-16-19-51(20-17-49)35-25-33(42)24-34(43)26-35)30(4)31-12-13-37-40(23-31)52-14-10-8-7-9-11-39-36(27-44-48(39)5)38-22-32(21-28(2)45-38)29(3)46-41(52)47-37/h12-13,21-27H,3-4,6-11,14-20H2,1-2,5H3,(H,46,47). The van der Waals surface area contributed by atoms with E-state index in [1.807, 2.05) is 24.9 Å². The fourth-order valence-electron chi connectivity index (χ4n) is 7.58. The summed E-state index contributed by atoms with van der Waals surface area (Å²) >= 11 is 0. The summed E-state index contributed by atoms with van der Waals surface area (Å²) in [4.78, 5) is 16.7. The van der Waals surface area contributed by atoms with E-state index in [1.165, 1.54) is 17.8 Å². The Morgan fingerprint density at radius 2 is 1.69 bits per heavy atom. The lowest BCUT2D eigenvalue weighted by molar-refractivity contribution is 0.232. The quantitative estimate of drug-likeness (QED) is 0.186. The number of piperazine rings is 1. The van der Waals surface area contributed by atoms with E-state index in [2.05, 4.69) is 80.1 Å². The van der Waals surface area contributed by atoms with Crippen LogP contribution in [0.2, 0.25) is 0 Å². The number of likely N-dealkylation sites (N-methyl/N-ethyl adjacent to an activating group) is 1. The highest BCUT2D eigenvalue weighted by Crippen LogP contribution is 2.31. The van der Waals surface area contributed by atoms with Crippen LogP contribution >= 0.6 is 0 Å². The van der Waals surface area contributed by atoms with Crippen molar-refractivity contribution in [1.29, 1.82) is 0 Å². The number of pyridine rings is 1. The number of rotatable bonds is 7. The highest BCUT2D eigenvalue weighted by molar-refractivity contribution is 5.85. The van der Waals surface area contributed by atoms with Crippen LogP contribution in [0.4, 0.5) is 20.4 Å². The number of aromatic nitrogens is 5. The molecule has 0 radical (unpaired) electrons. The van der Waals surface area contributed by atoms with Gasteiger partial charge in [0.05, 0.1) is 22.9 Å². The van der Waals surface area contributed by atoms with Crippen molar-refractivity contribution in [3.8, 4) is 11.3 Å². The number of aryl methyl sites for hydroxylation is 3. The summed E-state index contributed by atoms with van der Waals surface area (Å²) in [5.41, 5.74) is 10.5. The molecule has 0 unspecified atom stereocenters. The Kier molecular flexibility index (Phi) is 10.4. The first-order valence-electron chi connectivity index (χ1n) is 18.5. The van der Waals surface area contributed by atoms with Crippen molar-refractivity contribution in [2.24, 2.45) is 7.05 Å². The third kappa shape index (κ3) is 7.60. The normalized spacial score (nSPS) is 15.8. The fraction of sp³-hybridized carbons (Fsp3) is 0.390. The average Bonchev–Trinajstić information content (AvgIpc) is 3.67. The number of halogens is 2. The van der Waals surface area contributed by atoms with Crippen LogP contribution in [0.15, 0.2) is 67.9 Å². The molecule has 0 spiro atoms. The van der Waals surface area contributed by atoms with E-state index in [1.54, 1.807) is 0 Å². The van der Waals surface area contributed by atoms with Gasteiger partial charge in [-0.05, 0) is 75.1 Å². The molecule has 5 heterocycles. The predicted molar refractivity (Wildman–Crippen MR) is 207 cm³/mol. The molecular formula is C41H49F2N9. The topological polar surface area (TPSA) is 70.3 Å². The lowest BCUT2D eigenvalue weighted by Gasteiger charge is -2.37. The van der Waals surface area contributed by atoms with E-state index in [0.717, 1.165) is 147 Å². The number of nitrogens with zero attached hydrogens (tertiary/aromatic N) is 8. The number of hydrogen-bond donors (Lipinski definition) is 1. The third-order valence-corrected chi connectivity index (χ3v) is 10.6. The molecule has 52 heavy (non-hydrogen) atoms. The summed E-state index contributed by atoms with van der Waals surface area (Å²) in [6.45, 7) is 19.7. The highest BCUT2D eigenvalue weighted by atomic mass is 19.1. The first-order chi connectivity index (χ1) is 25.2. The maximum absolute atomic E-state index is 13.8. The summed E-state index contributed by atoms with van der Waals surface area (Å²) in [6.07, 6.45) is 7.26. The van der Waals surface area contributed by atoms with Gasteiger partial charge in [0.15, 0.2) is 0 Å². The van der Waals surface area contributed by atoms with E-state index in [9.17, 15) is 8.78 Å². The summed E-state index contributed by atoms with van der Waals surface area (Å²) in [5, 5.41) is 8.15. The van der Waals surface area contributed by atoms with E-state index in [0.29, 0.717) is 5.69 Å². The van der Waals surface area contributed by atoms with Crippen molar-refractivity contribution < 1.29 is 8.78 Å². The Morgan fingerprint density at radius 3 is 2.46 bits per heavy atom. The molecular weight excluding hydrogens is 657 g/mol. The van der Waals surface area contributed by atoms with E-state index in [4.69, 9.17) is 9.97 Å². The maximum atomic E-state index is 13.8. The second-order valence-corrected chi connectivity index (χ2v) is 14.1. The molecule has 0 saturated carbocycles. The monoisotopic (exact) mass is 705 g/mol. The molecule has 2 aliphatic rings. The smallest absolute Gasteiger partial charge is 0.208 e. The van der Waals surface area contributed by atoms with Gasteiger partial charge in [-0.25, -0.2) is 13.8 Å². The second-order valence-electron chi connectivity index (χ2n) is 14.1. The molecule has 11 heteroatoms. The van der Waals surface area contributed by atoms with Crippen LogP contribution < -0.4 is 10.2 Å². The van der Waals surface area contributed by atoms with Gasteiger partial charge in [0, 0.05) is 105 Å². The lowest BCUT2D eigenvalue weighted by Crippen LogP contribution is -2.48. The number of hydrogen-bond acceptors (Lipinski definition) is 7. The third-order valence-electron chi connectivity index (χ3n) is 10.6. The van der Waals surface area contributed by atoms with Gasteiger partial charge in [-0.3, -0.25) is 14.6 Å². The summed E-state index contributed by atoms with van der Waals surface area (Å²) < 4.78 is 31.9. The van der Waals surface area contributed by atoms with E-state index in [-0.39, 0.29) is 0 Å². The largest absolute Gasteiger partial charge is 0.371 e. The van der Waals surface area contributed by atoms with Crippen molar-refractivity contribution in [2.75, 3.05) is 56.0 Å². The van der Waals surface area contributed by atoms with Gasteiger partial charge in [0.2, 0.25) is 5.95 Å². The van der Waals surface area contributed by atoms with Crippen molar-refractivity contribution >= 4 is 34.1 Å². The molecule has 2 aromatic carbocycles. The molecule has 1 saturated heterocycles. The fourth-order valence-corrected chi connectivity index (χ4v) is 7.58. The molecule has 0 aliphatic carbocycles. The zero-order valence-electron chi connectivity index (χ0n) is 30.6. The SMILES string of the molecule is C=C1Nc2nc3ccc(C(=C)N(CC)CCN4CCN(c5cc(F)cc(F)c5)CC4)cc3n2CCCCCCc2c(cnn2C)-c2cc1cc(C)n2. The highest BCUT2D eigenvalue weighted by Gasteiger charge is 2.21. The molecule has 3 aromatic heterocycles. The van der Waals surface area contributed by atoms with Crippen molar-refractivity contribution in [1.82, 2.24) is 34.1 Å². The van der Waals surface area contributed by atoms with Crippen LogP contribution in [0.25, 0.3) is 33.7 Å². The van der Waals surface area contributed by atoms with Gasteiger partial charge in [0.1, 0.15) is 11.6 Å². The number of anilines is 2. The van der Waals surface area contributed by atoms with Gasteiger partial charge in [0.25, 0.3) is 0 Å². The lowest BCUT2D eigenvalue weighted by atomic mass is 10.0. The van der Waals surface area contributed by atoms with Gasteiger partial charge in [-0.1, -0.05) is 32.1 Å². The summed E-state index contributed by atoms with van der Waals surface area (Å²) in [7, 11) is 2.01. The first-order valence-corrected chi connectivity index (χ1v) is 18.5. The number of nitrogens with one attached hydrogen (secondary N) is 1. The second kappa shape index (κ2) is 15.3. The molecule has 1 fully saturated rings. The summed E-state index contributed by atoms with van der Waals surface area (Å²) in [5.74, 6) is -0.297. The van der Waals surface area contributed by atoms with Crippen LogP contribution in [0.1, 0.15) is 55.1 Å². The van der Waals surface area contributed by atoms with Crippen LogP contribution in [0.5, 0.6) is 0 Å². The van der Waals surface area contributed by atoms with Crippen molar-refractivity contribution in [3.05, 3.63) is 102 Å². The van der Waals surface area contributed by atoms with Crippen LogP contribution in [0, 0.1) is 18.6 Å². The molecule has 0 atom stereocenters. The first kappa shape index (κ1) is 35.4. The molecule has 7 rings (SSSR count). The van der Waals surface area contributed by atoms with E-state index >= 15 is 0 Å². The molecule has 2 bridgehead atoms. The Balaban J connectivity index is 1.07. The van der Waals surface area contributed by atoms with Gasteiger partial charge < -0.3 is 19.7 Å². The zero-order chi connectivity index (χ0) is 36.4. The minimum atomic E-state index is -0.539. The number of imidazole rings is 1. The Morgan fingerprint density at radius 1 is 0.923 bits per heavy atom. The van der Waals surface area contributed by atoms with Crippen LogP contribution in [-0.4, -0.2) is 79.9 Å². The molecule has 272 valence electrons. The Bertz CT molecular complexity index is 2070. The molecule has 2 aliphatic heterocycles. The van der Waals surface area contributed by atoms with Gasteiger partial charge in [-0.2, -0.15) is 5.10 Å². The van der Waals surface area contributed by atoms with Crippen LogP contribution in [0.3, 0.4) is 0 Å². The summed E-state index contributed by atoms with van der Waals surface area (Å²) in [6, 6.07) is 14.3. The molecule has 0 amide bonds. The number of fused-ring (bicyclic) bond motifs is 7. The van der Waals surface area contributed by atoms with Crippen LogP contribution in [-0.2, 0) is 20.0 Å². The minimum absolute atomic E-state index is 0.539. The Hall–Kier alpha value is -5.03. The molecule has 5 aromatic rings. The molecule has 1 N–H and O–H groups in total. The minimum Gasteiger partial charge on any atom is -0.371 e.